The van der Waals surface area contributed by atoms with Crippen molar-refractivity contribution in [3.05, 3.63) is 41.2 Å². The Morgan fingerprint density at radius 3 is 2.89 bits per heavy atom. The monoisotopic (exact) mass is 261 g/mol. The fraction of sp³-hybridized carbons (Fsp3) is 0.231. The fourth-order valence-electron chi connectivity index (χ4n) is 2.01. The van der Waals surface area contributed by atoms with Crippen molar-refractivity contribution in [2.24, 2.45) is 0 Å². The summed E-state index contributed by atoms with van der Waals surface area (Å²) in [5.41, 5.74) is 2.31. The molecule has 0 amide bonds. The molecule has 18 heavy (non-hydrogen) atoms. The van der Waals surface area contributed by atoms with E-state index in [0.29, 0.717) is 11.0 Å². The molecule has 1 aliphatic heterocycles. The number of halogens is 1. The Hall–Kier alpha value is -1.81. The molecule has 0 unspecified atom stereocenters. The average Bonchev–Trinajstić information content (AvgIpc) is 2.42. The van der Waals surface area contributed by atoms with Gasteiger partial charge in [-0.25, -0.2) is 9.97 Å². The lowest BCUT2D eigenvalue weighted by molar-refractivity contribution is 0.442. The first kappa shape index (κ1) is 11.3. The second kappa shape index (κ2) is 4.82. The molecule has 2 heterocycles. The van der Waals surface area contributed by atoms with Gasteiger partial charge in [0.05, 0.1) is 23.1 Å². The lowest BCUT2D eigenvalue weighted by Gasteiger charge is -2.20. The molecule has 0 saturated heterocycles. The predicted molar refractivity (Wildman–Crippen MR) is 70.4 cm³/mol. The third-order valence-electron chi connectivity index (χ3n) is 2.84. The number of fused-ring (bicyclic) bond motifs is 1. The first-order valence-corrected chi connectivity index (χ1v) is 6.22. The lowest BCUT2D eigenvalue weighted by Crippen LogP contribution is -2.12. The predicted octanol–water partition coefficient (Wildman–Crippen LogP) is 3.28. The normalized spacial score (nSPS) is 13.6. The number of aryl methyl sites for hydroxylation is 1. The van der Waals surface area contributed by atoms with Gasteiger partial charge in [-0.15, -0.1) is 0 Å². The van der Waals surface area contributed by atoms with Crippen LogP contribution >= 0.6 is 11.6 Å². The highest BCUT2D eigenvalue weighted by Gasteiger charge is 2.14. The third kappa shape index (κ3) is 2.24. The van der Waals surface area contributed by atoms with Gasteiger partial charge in [-0.3, -0.25) is 0 Å². The largest absolute Gasteiger partial charge is 0.422 e. The number of anilines is 1. The Bertz CT molecular complexity index is 557. The smallest absolute Gasteiger partial charge is 0.322 e. The van der Waals surface area contributed by atoms with Gasteiger partial charge in [-0.2, -0.15) is 0 Å². The van der Waals surface area contributed by atoms with Gasteiger partial charge in [0.25, 0.3) is 0 Å². The summed E-state index contributed by atoms with van der Waals surface area (Å²) in [7, 11) is 0. The number of hydrogen-bond acceptors (Lipinski definition) is 4. The van der Waals surface area contributed by atoms with Crippen molar-refractivity contribution < 1.29 is 4.74 Å². The zero-order valence-corrected chi connectivity index (χ0v) is 10.4. The van der Waals surface area contributed by atoms with Crippen LogP contribution in [0, 0.1) is 0 Å². The van der Waals surface area contributed by atoms with Crippen molar-refractivity contribution in [1.82, 2.24) is 9.97 Å². The molecular weight excluding hydrogens is 250 g/mol. The molecule has 0 spiro atoms. The number of rotatable bonds is 2. The van der Waals surface area contributed by atoms with Gasteiger partial charge >= 0.3 is 6.01 Å². The van der Waals surface area contributed by atoms with Crippen LogP contribution in [0.15, 0.2) is 30.6 Å². The summed E-state index contributed by atoms with van der Waals surface area (Å²) in [5.74, 6) is 0.759. The number of nitrogens with zero attached hydrogens (tertiary/aromatic N) is 2. The molecule has 0 fully saturated rings. The van der Waals surface area contributed by atoms with Crippen LogP contribution in [0.1, 0.15) is 12.0 Å². The average molecular weight is 262 g/mol. The maximum Gasteiger partial charge on any atom is 0.322 e. The van der Waals surface area contributed by atoms with Gasteiger partial charge in [0.2, 0.25) is 0 Å². The lowest BCUT2D eigenvalue weighted by atomic mass is 10.0. The molecule has 0 saturated carbocycles. The first-order chi connectivity index (χ1) is 8.83. The van der Waals surface area contributed by atoms with E-state index in [1.807, 2.05) is 12.1 Å². The number of benzene rings is 1. The van der Waals surface area contributed by atoms with E-state index in [1.54, 1.807) is 0 Å². The summed E-state index contributed by atoms with van der Waals surface area (Å²) in [6.45, 7) is 0.967. The molecule has 4 nitrogen and oxygen atoms in total. The molecule has 5 heteroatoms. The summed E-state index contributed by atoms with van der Waals surface area (Å²) in [4.78, 5) is 8.06. The van der Waals surface area contributed by atoms with Gasteiger partial charge in [0.15, 0.2) is 5.75 Å². The van der Waals surface area contributed by atoms with Gasteiger partial charge in [-0.1, -0.05) is 23.7 Å². The Morgan fingerprint density at radius 2 is 2.06 bits per heavy atom. The number of nitrogens with one attached hydrogen (secondary N) is 1. The van der Waals surface area contributed by atoms with Gasteiger partial charge in [-0.05, 0) is 24.5 Å². The Morgan fingerprint density at radius 1 is 1.22 bits per heavy atom. The summed E-state index contributed by atoms with van der Waals surface area (Å²) in [5, 5.41) is 3.85. The number of ether oxygens (including phenoxy) is 1. The van der Waals surface area contributed by atoms with Crippen LogP contribution in [0.4, 0.5) is 5.69 Å². The summed E-state index contributed by atoms with van der Waals surface area (Å²) < 4.78 is 5.69. The van der Waals surface area contributed by atoms with Crippen LogP contribution in [0.3, 0.4) is 0 Å². The van der Waals surface area contributed by atoms with E-state index in [2.05, 4.69) is 21.4 Å². The first-order valence-electron chi connectivity index (χ1n) is 5.84. The van der Waals surface area contributed by atoms with E-state index in [-0.39, 0.29) is 0 Å². The quantitative estimate of drug-likeness (QED) is 0.901. The molecule has 0 bridgehead atoms. The molecule has 2 aromatic rings. The van der Waals surface area contributed by atoms with Gasteiger partial charge in [0.1, 0.15) is 0 Å². The second-order valence-electron chi connectivity index (χ2n) is 4.11. The van der Waals surface area contributed by atoms with E-state index < -0.39 is 0 Å². The molecule has 0 atom stereocenters. The Balaban J connectivity index is 1.90. The number of para-hydroxylation sites is 1. The molecule has 92 valence electrons. The van der Waals surface area contributed by atoms with E-state index >= 15 is 0 Å². The zero-order valence-electron chi connectivity index (χ0n) is 9.69. The minimum atomic E-state index is 0.306. The highest BCUT2D eigenvalue weighted by atomic mass is 35.5. The van der Waals surface area contributed by atoms with Crippen LogP contribution < -0.4 is 10.1 Å². The molecule has 0 aliphatic carbocycles. The van der Waals surface area contributed by atoms with Crippen molar-refractivity contribution in [3.8, 4) is 11.8 Å². The SMILES string of the molecule is Clc1cnc(Oc2cccc3c2NCCC3)nc1. The van der Waals surface area contributed by atoms with Crippen LogP contribution in [-0.2, 0) is 6.42 Å². The summed E-state index contributed by atoms with van der Waals surface area (Å²) >= 11 is 5.74. The molecular formula is C13H12ClN3O. The molecule has 1 aromatic heterocycles. The van der Waals surface area contributed by atoms with Crippen molar-refractivity contribution in [2.75, 3.05) is 11.9 Å². The number of aromatic nitrogens is 2. The third-order valence-corrected chi connectivity index (χ3v) is 3.03. The van der Waals surface area contributed by atoms with Crippen molar-refractivity contribution >= 4 is 17.3 Å². The Kier molecular flexibility index (Phi) is 3.02. The van der Waals surface area contributed by atoms with E-state index in [0.717, 1.165) is 30.8 Å². The van der Waals surface area contributed by atoms with Gasteiger partial charge in [0, 0.05) is 6.54 Å². The van der Waals surface area contributed by atoms with Crippen molar-refractivity contribution in [2.45, 2.75) is 12.8 Å². The summed E-state index contributed by atoms with van der Waals surface area (Å²) in [6.07, 6.45) is 5.26. The molecule has 1 aliphatic rings. The highest BCUT2D eigenvalue weighted by Crippen LogP contribution is 2.34. The van der Waals surface area contributed by atoms with Crippen LogP contribution in [0.25, 0.3) is 0 Å². The van der Waals surface area contributed by atoms with E-state index in [1.165, 1.54) is 18.0 Å². The fourth-order valence-corrected chi connectivity index (χ4v) is 2.11. The standard InChI is InChI=1S/C13H12ClN3O/c14-10-7-16-13(17-8-10)18-11-5-1-3-9-4-2-6-15-12(9)11/h1,3,5,7-8,15H,2,4,6H2. The molecule has 3 rings (SSSR count). The van der Waals surface area contributed by atoms with Crippen LogP contribution in [-0.4, -0.2) is 16.5 Å². The van der Waals surface area contributed by atoms with Crippen LogP contribution in [0.5, 0.6) is 11.8 Å². The Labute approximate surface area is 110 Å². The molecule has 0 radical (unpaired) electrons. The highest BCUT2D eigenvalue weighted by molar-refractivity contribution is 6.30. The summed E-state index contributed by atoms with van der Waals surface area (Å²) in [6, 6.07) is 6.31. The molecule has 1 aromatic carbocycles. The van der Waals surface area contributed by atoms with Gasteiger partial charge < -0.3 is 10.1 Å². The van der Waals surface area contributed by atoms with Crippen LogP contribution in [0.2, 0.25) is 5.02 Å². The van der Waals surface area contributed by atoms with E-state index in [4.69, 9.17) is 16.3 Å². The second-order valence-corrected chi connectivity index (χ2v) is 4.54. The molecule has 1 N–H and O–H groups in total. The topological polar surface area (TPSA) is 47.0 Å². The zero-order chi connectivity index (χ0) is 12.4. The maximum absolute atomic E-state index is 5.74. The van der Waals surface area contributed by atoms with E-state index in [9.17, 15) is 0 Å². The minimum absolute atomic E-state index is 0.306. The minimum Gasteiger partial charge on any atom is -0.422 e. The maximum atomic E-state index is 5.74. The van der Waals surface area contributed by atoms with Crippen molar-refractivity contribution in [3.63, 3.8) is 0 Å². The number of hydrogen-bond donors (Lipinski definition) is 1. The van der Waals surface area contributed by atoms with Crippen molar-refractivity contribution in [1.29, 1.82) is 0 Å².